The van der Waals surface area contributed by atoms with Crippen molar-refractivity contribution in [3.8, 4) is 0 Å². The fourth-order valence-electron chi connectivity index (χ4n) is 2.67. The highest BCUT2D eigenvalue weighted by atomic mass is 32.2. The molecule has 1 aliphatic rings. The van der Waals surface area contributed by atoms with Crippen LogP contribution in [-0.2, 0) is 21.2 Å². The number of carbonyl (C=O) groups is 1. The van der Waals surface area contributed by atoms with E-state index in [1.54, 1.807) is 11.3 Å². The summed E-state index contributed by atoms with van der Waals surface area (Å²) in [5.74, 6) is 0.00213. The predicted molar refractivity (Wildman–Crippen MR) is 89.6 cm³/mol. The topological polar surface area (TPSA) is 66.5 Å². The highest BCUT2D eigenvalue weighted by Crippen LogP contribution is 2.20. The molecule has 0 aliphatic carbocycles. The zero-order valence-corrected chi connectivity index (χ0v) is 14.8. The minimum Gasteiger partial charge on any atom is -0.355 e. The SMILES string of the molecule is CC(C(=O)NCC1CCCN(Cc2cccs2)C1)S(C)(=O)=O. The summed E-state index contributed by atoms with van der Waals surface area (Å²) >= 11 is 1.76. The minimum absolute atomic E-state index is 0.391. The van der Waals surface area contributed by atoms with Crippen LogP contribution in [0.3, 0.4) is 0 Å². The van der Waals surface area contributed by atoms with Crippen molar-refractivity contribution < 1.29 is 13.2 Å². The molecule has 0 radical (unpaired) electrons. The van der Waals surface area contributed by atoms with Crippen molar-refractivity contribution in [1.82, 2.24) is 10.2 Å². The minimum atomic E-state index is -3.32. The first kappa shape index (κ1) is 17.4. The second-order valence-corrected chi connectivity index (χ2v) is 9.44. The Morgan fingerprint density at radius 2 is 2.32 bits per heavy atom. The molecule has 22 heavy (non-hydrogen) atoms. The zero-order valence-electron chi connectivity index (χ0n) is 13.1. The second-order valence-electron chi connectivity index (χ2n) is 6.04. The lowest BCUT2D eigenvalue weighted by Crippen LogP contribution is -2.44. The van der Waals surface area contributed by atoms with Crippen LogP contribution in [0.5, 0.6) is 0 Å². The molecule has 0 spiro atoms. The van der Waals surface area contributed by atoms with E-state index in [-0.39, 0.29) is 0 Å². The maximum Gasteiger partial charge on any atom is 0.238 e. The second kappa shape index (κ2) is 7.57. The number of amides is 1. The van der Waals surface area contributed by atoms with Gasteiger partial charge in [0.15, 0.2) is 9.84 Å². The van der Waals surface area contributed by atoms with Crippen LogP contribution in [0.15, 0.2) is 17.5 Å². The molecule has 7 heteroatoms. The van der Waals surface area contributed by atoms with Crippen LogP contribution < -0.4 is 5.32 Å². The highest BCUT2D eigenvalue weighted by molar-refractivity contribution is 7.92. The van der Waals surface area contributed by atoms with Crippen LogP contribution in [-0.4, -0.2) is 50.4 Å². The maximum absolute atomic E-state index is 11.9. The maximum atomic E-state index is 11.9. The quantitative estimate of drug-likeness (QED) is 0.849. The Morgan fingerprint density at radius 3 is 2.95 bits per heavy atom. The van der Waals surface area contributed by atoms with E-state index in [0.717, 1.165) is 38.7 Å². The van der Waals surface area contributed by atoms with Gasteiger partial charge in [-0.25, -0.2) is 8.42 Å². The number of hydrogen-bond acceptors (Lipinski definition) is 5. The summed E-state index contributed by atoms with van der Waals surface area (Å²) in [4.78, 5) is 15.6. The Hall–Kier alpha value is -0.920. The van der Waals surface area contributed by atoms with Crippen LogP contribution in [0.4, 0.5) is 0 Å². The third-order valence-corrected chi connectivity index (χ3v) is 6.50. The highest BCUT2D eigenvalue weighted by Gasteiger charge is 2.25. The Balaban J connectivity index is 1.79. The van der Waals surface area contributed by atoms with Crippen LogP contribution in [0.1, 0.15) is 24.6 Å². The van der Waals surface area contributed by atoms with E-state index in [1.165, 1.54) is 11.8 Å². The third kappa shape index (κ3) is 5.07. The van der Waals surface area contributed by atoms with Gasteiger partial charge in [0.1, 0.15) is 5.25 Å². The summed E-state index contributed by atoms with van der Waals surface area (Å²) in [7, 11) is -3.32. The Kier molecular flexibility index (Phi) is 6.00. The van der Waals surface area contributed by atoms with Crippen LogP contribution in [0.2, 0.25) is 0 Å². The number of rotatable bonds is 6. The molecule has 1 amide bonds. The molecular weight excluding hydrogens is 320 g/mol. The van der Waals surface area contributed by atoms with Crippen molar-refractivity contribution in [3.05, 3.63) is 22.4 Å². The summed E-state index contributed by atoms with van der Waals surface area (Å²) in [6, 6.07) is 4.21. The van der Waals surface area contributed by atoms with Crippen molar-refractivity contribution in [2.45, 2.75) is 31.6 Å². The molecular formula is C15H24N2O3S2. The average molecular weight is 345 g/mol. The fraction of sp³-hybridized carbons (Fsp3) is 0.667. The Morgan fingerprint density at radius 1 is 1.55 bits per heavy atom. The number of nitrogens with one attached hydrogen (secondary N) is 1. The van der Waals surface area contributed by atoms with Gasteiger partial charge in [-0.2, -0.15) is 0 Å². The molecule has 1 saturated heterocycles. The van der Waals surface area contributed by atoms with Gasteiger partial charge >= 0.3 is 0 Å². The van der Waals surface area contributed by atoms with Gasteiger partial charge in [-0.3, -0.25) is 9.69 Å². The van der Waals surface area contributed by atoms with Crippen LogP contribution >= 0.6 is 11.3 Å². The number of thiophene rings is 1. The Labute approximate surface area is 136 Å². The molecule has 1 aliphatic heterocycles. The van der Waals surface area contributed by atoms with Crippen molar-refractivity contribution in [2.24, 2.45) is 5.92 Å². The number of piperidine rings is 1. The molecule has 1 aromatic rings. The lowest BCUT2D eigenvalue weighted by atomic mass is 9.98. The normalized spacial score (nSPS) is 21.5. The van der Waals surface area contributed by atoms with Crippen LogP contribution in [0.25, 0.3) is 0 Å². The molecule has 1 aromatic heterocycles. The molecule has 0 saturated carbocycles. The molecule has 1 N–H and O–H groups in total. The van der Waals surface area contributed by atoms with E-state index >= 15 is 0 Å². The van der Waals surface area contributed by atoms with Gasteiger partial charge in [0, 0.05) is 30.8 Å². The predicted octanol–water partition coefficient (Wildman–Crippen LogP) is 1.51. The molecule has 2 unspecified atom stereocenters. The number of sulfone groups is 1. The van der Waals surface area contributed by atoms with Crippen molar-refractivity contribution in [3.63, 3.8) is 0 Å². The molecule has 5 nitrogen and oxygen atoms in total. The zero-order chi connectivity index (χ0) is 16.2. The van der Waals surface area contributed by atoms with Crippen molar-refractivity contribution in [2.75, 3.05) is 25.9 Å². The van der Waals surface area contributed by atoms with E-state index in [4.69, 9.17) is 0 Å². The molecule has 2 atom stereocenters. The van der Waals surface area contributed by atoms with Gasteiger partial charge in [-0.15, -0.1) is 11.3 Å². The van der Waals surface area contributed by atoms with E-state index in [2.05, 4.69) is 27.7 Å². The standard InChI is InChI=1S/C15H24N2O3S2/c1-12(22(2,19)20)15(18)16-9-13-5-3-7-17(10-13)11-14-6-4-8-21-14/h4,6,8,12-13H,3,5,7,9-11H2,1-2H3,(H,16,18). The smallest absolute Gasteiger partial charge is 0.238 e. The first-order valence-corrected chi connectivity index (χ1v) is 10.4. The largest absolute Gasteiger partial charge is 0.355 e. The molecule has 2 heterocycles. The first-order chi connectivity index (χ1) is 10.4. The third-order valence-electron chi connectivity index (χ3n) is 4.14. The molecule has 0 aromatic carbocycles. The molecule has 1 fully saturated rings. The van der Waals surface area contributed by atoms with Gasteiger partial charge in [0.25, 0.3) is 0 Å². The van der Waals surface area contributed by atoms with Gasteiger partial charge in [-0.05, 0) is 43.7 Å². The molecule has 124 valence electrons. The number of hydrogen-bond donors (Lipinski definition) is 1. The van der Waals surface area contributed by atoms with Gasteiger partial charge in [0.2, 0.25) is 5.91 Å². The van der Waals surface area contributed by atoms with E-state index in [1.807, 2.05) is 0 Å². The van der Waals surface area contributed by atoms with Crippen molar-refractivity contribution >= 4 is 27.1 Å². The summed E-state index contributed by atoms with van der Waals surface area (Å²) in [5.41, 5.74) is 0. The van der Waals surface area contributed by atoms with E-state index in [0.29, 0.717) is 12.5 Å². The van der Waals surface area contributed by atoms with Gasteiger partial charge in [0.05, 0.1) is 0 Å². The van der Waals surface area contributed by atoms with E-state index < -0.39 is 21.0 Å². The van der Waals surface area contributed by atoms with Crippen molar-refractivity contribution in [1.29, 1.82) is 0 Å². The van der Waals surface area contributed by atoms with Gasteiger partial charge < -0.3 is 5.32 Å². The van der Waals surface area contributed by atoms with Crippen LogP contribution in [0, 0.1) is 5.92 Å². The summed E-state index contributed by atoms with van der Waals surface area (Å²) < 4.78 is 22.8. The first-order valence-electron chi connectivity index (χ1n) is 7.57. The molecule has 0 bridgehead atoms. The number of nitrogens with zero attached hydrogens (tertiary/aromatic N) is 1. The Bertz CT molecular complexity index is 584. The monoisotopic (exact) mass is 344 g/mol. The number of likely N-dealkylation sites (tertiary alicyclic amines) is 1. The van der Waals surface area contributed by atoms with E-state index in [9.17, 15) is 13.2 Å². The summed E-state index contributed by atoms with van der Waals surface area (Å²) in [5, 5.41) is 3.91. The van der Waals surface area contributed by atoms with Gasteiger partial charge in [-0.1, -0.05) is 6.07 Å². The fourth-order valence-corrected chi connectivity index (χ4v) is 3.89. The summed E-state index contributed by atoms with van der Waals surface area (Å²) in [6.45, 7) is 4.99. The lowest BCUT2D eigenvalue weighted by Gasteiger charge is -2.32. The summed E-state index contributed by atoms with van der Waals surface area (Å²) in [6.07, 6.45) is 3.29. The number of carbonyl (C=O) groups excluding carboxylic acids is 1. The molecule has 2 rings (SSSR count). The lowest BCUT2D eigenvalue weighted by molar-refractivity contribution is -0.120. The average Bonchev–Trinajstić information content (AvgIpc) is 2.96.